The van der Waals surface area contributed by atoms with Crippen molar-refractivity contribution in [3.63, 3.8) is 0 Å². The number of nitro groups is 1. The van der Waals surface area contributed by atoms with Crippen molar-refractivity contribution < 1.29 is 14.5 Å². The lowest BCUT2D eigenvalue weighted by molar-refractivity contribution is -0.384. The number of ether oxygens (including phenoxy) is 1. The van der Waals surface area contributed by atoms with E-state index in [1.807, 2.05) is 66.7 Å². The summed E-state index contributed by atoms with van der Waals surface area (Å²) < 4.78 is 7.17. The molecular weight excluding hydrogens is 468 g/mol. The summed E-state index contributed by atoms with van der Waals surface area (Å²) in [4.78, 5) is 27.3. The Kier molecular flexibility index (Phi) is 6.63. The van der Waals surface area contributed by atoms with Crippen LogP contribution >= 0.6 is 0 Å². The summed E-state index contributed by atoms with van der Waals surface area (Å²) in [6.07, 6.45) is 1.72. The molecule has 8 nitrogen and oxygen atoms in total. The van der Waals surface area contributed by atoms with Crippen LogP contribution in [0.4, 0.5) is 11.5 Å². The van der Waals surface area contributed by atoms with E-state index in [1.54, 1.807) is 35.2 Å². The number of aromatic nitrogens is 2. The van der Waals surface area contributed by atoms with Crippen LogP contribution in [0.2, 0.25) is 0 Å². The Morgan fingerprint density at radius 1 is 0.865 bits per heavy atom. The molecule has 0 spiro atoms. The zero-order valence-corrected chi connectivity index (χ0v) is 19.5. The fourth-order valence-electron chi connectivity index (χ4n) is 3.62. The average molecular weight is 489 g/mol. The Morgan fingerprint density at radius 2 is 1.51 bits per heavy atom. The first-order valence-electron chi connectivity index (χ1n) is 11.4. The first-order chi connectivity index (χ1) is 18.1. The van der Waals surface area contributed by atoms with Crippen molar-refractivity contribution in [1.82, 2.24) is 9.78 Å². The molecule has 0 amide bonds. The Balaban J connectivity index is 1.34. The largest absolute Gasteiger partial charge is 0.423 e. The third-order valence-corrected chi connectivity index (χ3v) is 5.51. The number of nitro benzene ring substituents is 1. The van der Waals surface area contributed by atoms with Gasteiger partial charge in [0, 0.05) is 30.0 Å². The van der Waals surface area contributed by atoms with E-state index in [0.29, 0.717) is 11.6 Å². The van der Waals surface area contributed by atoms with Gasteiger partial charge in [-0.1, -0.05) is 48.5 Å². The monoisotopic (exact) mass is 488 g/mol. The van der Waals surface area contributed by atoms with Gasteiger partial charge in [-0.15, -0.1) is 0 Å². The summed E-state index contributed by atoms with van der Waals surface area (Å²) in [5.41, 5.74) is 3.63. The van der Waals surface area contributed by atoms with Crippen LogP contribution in [0.15, 0.2) is 120 Å². The van der Waals surface area contributed by atoms with Crippen molar-refractivity contribution in [2.24, 2.45) is 4.99 Å². The molecule has 0 fully saturated rings. The zero-order chi connectivity index (χ0) is 25.6. The molecule has 0 bridgehead atoms. The number of non-ortho nitro benzene ring substituents is 1. The minimum absolute atomic E-state index is 0.0929. The highest BCUT2D eigenvalue weighted by atomic mass is 16.6. The molecule has 0 aliphatic rings. The summed E-state index contributed by atoms with van der Waals surface area (Å²) >= 11 is 0. The Morgan fingerprint density at radius 3 is 2.16 bits per heavy atom. The third kappa shape index (κ3) is 5.49. The van der Waals surface area contributed by atoms with Crippen molar-refractivity contribution in [1.29, 1.82) is 0 Å². The van der Waals surface area contributed by atoms with E-state index in [1.165, 1.54) is 24.3 Å². The summed E-state index contributed by atoms with van der Waals surface area (Å²) in [7, 11) is 0. The maximum atomic E-state index is 12.4. The van der Waals surface area contributed by atoms with Crippen LogP contribution in [0.25, 0.3) is 16.9 Å². The normalized spacial score (nSPS) is 10.9. The zero-order valence-electron chi connectivity index (χ0n) is 19.5. The van der Waals surface area contributed by atoms with Crippen molar-refractivity contribution in [2.45, 2.75) is 0 Å². The van der Waals surface area contributed by atoms with Crippen LogP contribution in [0.3, 0.4) is 0 Å². The Bertz CT molecular complexity index is 1560. The highest BCUT2D eigenvalue weighted by Gasteiger charge is 2.12. The minimum Gasteiger partial charge on any atom is -0.423 e. The number of nitrogens with zero attached hydrogens (tertiary/aromatic N) is 4. The van der Waals surface area contributed by atoms with Gasteiger partial charge in [0.25, 0.3) is 5.69 Å². The topological polar surface area (TPSA) is 99.6 Å². The summed E-state index contributed by atoms with van der Waals surface area (Å²) in [6.45, 7) is 0. The fraction of sp³-hybridized carbons (Fsp3) is 0. The molecule has 1 aromatic heterocycles. The van der Waals surface area contributed by atoms with E-state index < -0.39 is 10.9 Å². The van der Waals surface area contributed by atoms with E-state index in [2.05, 4.69) is 4.99 Å². The molecule has 0 saturated carbocycles. The highest BCUT2D eigenvalue weighted by molar-refractivity contribution is 5.91. The molecule has 0 saturated heterocycles. The van der Waals surface area contributed by atoms with Crippen LogP contribution < -0.4 is 4.74 Å². The highest BCUT2D eigenvalue weighted by Crippen LogP contribution is 2.26. The van der Waals surface area contributed by atoms with Gasteiger partial charge in [0.2, 0.25) is 0 Å². The number of aliphatic imine (C=N–C) groups is 1. The van der Waals surface area contributed by atoms with Crippen LogP contribution in [0.5, 0.6) is 5.75 Å². The molecule has 0 aliphatic carbocycles. The maximum Gasteiger partial charge on any atom is 0.343 e. The van der Waals surface area contributed by atoms with Crippen LogP contribution in [-0.2, 0) is 0 Å². The van der Waals surface area contributed by atoms with Crippen molar-refractivity contribution >= 4 is 23.7 Å². The maximum absolute atomic E-state index is 12.4. The van der Waals surface area contributed by atoms with Crippen molar-refractivity contribution in [2.75, 3.05) is 0 Å². The van der Waals surface area contributed by atoms with Gasteiger partial charge in [-0.25, -0.2) is 14.5 Å². The molecule has 0 atom stereocenters. The molecular formula is C29H20N4O4. The van der Waals surface area contributed by atoms with Gasteiger partial charge in [0.05, 0.1) is 21.9 Å². The van der Waals surface area contributed by atoms with Crippen molar-refractivity contribution in [3.8, 4) is 22.7 Å². The predicted octanol–water partition coefficient (Wildman–Crippen LogP) is 6.42. The second-order valence-electron chi connectivity index (χ2n) is 8.02. The number of rotatable bonds is 7. The van der Waals surface area contributed by atoms with Gasteiger partial charge in [-0.05, 0) is 54.1 Å². The Hall–Kier alpha value is -5.37. The molecule has 4 aromatic carbocycles. The second-order valence-corrected chi connectivity index (χ2v) is 8.02. The SMILES string of the molecule is O=C(Oc1ccc(C=Nc2cc(-c3ccccc3)nn2-c2ccccc2)cc1)c1ccc([N+](=O)[O-])cc1. The molecule has 37 heavy (non-hydrogen) atoms. The number of hydrogen-bond donors (Lipinski definition) is 0. The van der Waals surface area contributed by atoms with Gasteiger partial charge in [-0.2, -0.15) is 5.10 Å². The van der Waals surface area contributed by atoms with Crippen LogP contribution in [0, 0.1) is 10.1 Å². The Labute approximate surface area is 212 Å². The summed E-state index contributed by atoms with van der Waals surface area (Å²) in [5, 5.41) is 15.5. The molecule has 180 valence electrons. The molecule has 0 radical (unpaired) electrons. The molecule has 0 unspecified atom stereocenters. The van der Waals surface area contributed by atoms with Gasteiger partial charge < -0.3 is 4.74 Å². The lowest BCUT2D eigenvalue weighted by Crippen LogP contribution is -2.08. The quantitative estimate of drug-likeness (QED) is 0.0866. The van der Waals surface area contributed by atoms with Gasteiger partial charge in [-0.3, -0.25) is 10.1 Å². The minimum atomic E-state index is -0.600. The van der Waals surface area contributed by atoms with E-state index in [4.69, 9.17) is 9.84 Å². The first kappa shape index (κ1) is 23.4. The number of para-hydroxylation sites is 1. The smallest absolute Gasteiger partial charge is 0.343 e. The lowest BCUT2D eigenvalue weighted by Gasteiger charge is -2.05. The number of esters is 1. The summed E-state index contributed by atoms with van der Waals surface area (Å²) in [6, 6.07) is 33.7. The number of carbonyl (C=O) groups is 1. The molecule has 5 rings (SSSR count). The third-order valence-electron chi connectivity index (χ3n) is 5.51. The average Bonchev–Trinajstić information content (AvgIpc) is 3.38. The predicted molar refractivity (Wildman–Crippen MR) is 141 cm³/mol. The van der Waals surface area contributed by atoms with E-state index >= 15 is 0 Å². The molecule has 1 heterocycles. The standard InChI is InChI=1S/C29H20N4O4/c34-29(23-13-15-25(16-14-23)33(35)36)37-26-17-11-21(12-18-26)20-30-28-19-27(22-7-3-1-4-8-22)31-32(28)24-9-5-2-6-10-24/h1-20H. The number of carbonyl (C=O) groups excluding carboxylic acids is 1. The van der Waals surface area contributed by atoms with Crippen LogP contribution in [0.1, 0.15) is 15.9 Å². The molecule has 0 N–H and O–H groups in total. The van der Waals surface area contributed by atoms with Gasteiger partial charge in [0.15, 0.2) is 5.82 Å². The molecule has 8 heteroatoms. The lowest BCUT2D eigenvalue weighted by atomic mass is 10.2. The van der Waals surface area contributed by atoms with Crippen molar-refractivity contribution in [3.05, 3.63) is 137 Å². The van der Waals surface area contributed by atoms with E-state index in [-0.39, 0.29) is 11.3 Å². The summed E-state index contributed by atoms with van der Waals surface area (Å²) in [5.74, 6) is 0.413. The van der Waals surface area contributed by atoms with Gasteiger partial charge in [0.1, 0.15) is 5.75 Å². The molecule has 0 aliphatic heterocycles. The second kappa shape index (κ2) is 10.5. The van der Waals surface area contributed by atoms with Gasteiger partial charge >= 0.3 is 5.97 Å². The van der Waals surface area contributed by atoms with E-state index in [9.17, 15) is 14.9 Å². The number of benzene rings is 4. The fourth-order valence-corrected chi connectivity index (χ4v) is 3.62. The first-order valence-corrected chi connectivity index (χ1v) is 11.4. The molecule has 5 aromatic rings. The van der Waals surface area contributed by atoms with Crippen LogP contribution in [-0.4, -0.2) is 26.9 Å². The number of hydrogen-bond acceptors (Lipinski definition) is 6. The van der Waals surface area contributed by atoms with E-state index in [0.717, 1.165) is 22.5 Å².